The van der Waals surface area contributed by atoms with E-state index >= 15 is 0 Å². The Balaban J connectivity index is 1.92. The first-order valence-corrected chi connectivity index (χ1v) is 8.32. The van der Waals surface area contributed by atoms with Crippen LogP contribution in [0.15, 0.2) is 41.8 Å². The number of hydrogen-bond acceptors (Lipinski definition) is 2. The van der Waals surface area contributed by atoms with Crippen molar-refractivity contribution in [2.24, 2.45) is 0 Å². The third-order valence-electron chi connectivity index (χ3n) is 3.73. The van der Waals surface area contributed by atoms with Gasteiger partial charge in [0, 0.05) is 17.0 Å². The van der Waals surface area contributed by atoms with Gasteiger partial charge in [-0.25, -0.2) is 0 Å². The van der Waals surface area contributed by atoms with Crippen LogP contribution in [0.2, 0.25) is 0 Å². The molecule has 0 saturated carbocycles. The minimum atomic E-state index is 0.395. The molecule has 0 aliphatic heterocycles. The van der Waals surface area contributed by atoms with Crippen LogP contribution in [0.3, 0.4) is 0 Å². The van der Waals surface area contributed by atoms with Crippen LogP contribution >= 0.6 is 11.3 Å². The molecule has 0 fully saturated rings. The highest BCUT2D eigenvalue weighted by Gasteiger charge is 2.10. The Kier molecular flexibility index (Phi) is 5.38. The van der Waals surface area contributed by atoms with Crippen molar-refractivity contribution >= 4 is 11.3 Å². The van der Waals surface area contributed by atoms with Gasteiger partial charge in [-0.2, -0.15) is 0 Å². The lowest BCUT2D eigenvalue weighted by Gasteiger charge is -2.20. The van der Waals surface area contributed by atoms with Gasteiger partial charge in [-0.05, 0) is 48.8 Å². The third kappa shape index (κ3) is 4.19. The first-order chi connectivity index (χ1) is 9.56. The fourth-order valence-corrected chi connectivity index (χ4v) is 3.32. The number of rotatable bonds is 6. The molecule has 2 aromatic rings. The van der Waals surface area contributed by atoms with E-state index < -0.39 is 0 Å². The molecule has 1 aromatic carbocycles. The summed E-state index contributed by atoms with van der Waals surface area (Å²) in [6, 6.07) is 14.2. The van der Waals surface area contributed by atoms with Gasteiger partial charge in [0.1, 0.15) is 0 Å². The van der Waals surface area contributed by atoms with E-state index in [1.165, 1.54) is 16.0 Å². The lowest BCUT2D eigenvalue weighted by atomic mass is 9.99. The van der Waals surface area contributed by atoms with Crippen molar-refractivity contribution in [2.45, 2.75) is 52.1 Å². The predicted octanol–water partition coefficient (Wildman–Crippen LogP) is 5.15. The molecule has 2 heteroatoms. The molecule has 0 saturated heterocycles. The molecule has 2 rings (SSSR count). The van der Waals surface area contributed by atoms with Crippen molar-refractivity contribution in [2.75, 3.05) is 0 Å². The van der Waals surface area contributed by atoms with Gasteiger partial charge in [-0.15, -0.1) is 11.3 Å². The van der Waals surface area contributed by atoms with E-state index in [4.69, 9.17) is 0 Å². The molecule has 2 unspecified atom stereocenters. The lowest BCUT2D eigenvalue weighted by Crippen LogP contribution is -2.30. The molecular formula is C18H25NS. The third-order valence-corrected chi connectivity index (χ3v) is 4.62. The van der Waals surface area contributed by atoms with Crippen LogP contribution in [0.5, 0.6) is 0 Å². The summed E-state index contributed by atoms with van der Waals surface area (Å²) in [5.41, 5.74) is 2.78. The second-order valence-electron chi connectivity index (χ2n) is 5.89. The standard InChI is InChI=1S/C18H25NS/c1-13(2)16-7-9-17(10-8-16)15(4)19-14(3)12-18-6-5-11-20-18/h5-11,13-15,19H,12H2,1-4H3. The highest BCUT2D eigenvalue weighted by molar-refractivity contribution is 7.09. The fraction of sp³-hybridized carbons (Fsp3) is 0.444. The Morgan fingerprint density at radius 3 is 2.15 bits per heavy atom. The molecule has 0 bridgehead atoms. The monoisotopic (exact) mass is 287 g/mol. The Hall–Kier alpha value is -1.12. The van der Waals surface area contributed by atoms with Crippen molar-refractivity contribution in [3.05, 3.63) is 57.8 Å². The largest absolute Gasteiger partial charge is 0.307 e. The zero-order valence-corrected chi connectivity index (χ0v) is 13.7. The molecule has 20 heavy (non-hydrogen) atoms. The number of thiophene rings is 1. The van der Waals surface area contributed by atoms with E-state index in [-0.39, 0.29) is 0 Å². The Morgan fingerprint density at radius 1 is 0.950 bits per heavy atom. The maximum atomic E-state index is 3.69. The SMILES string of the molecule is CC(Cc1cccs1)NC(C)c1ccc(C(C)C)cc1. The van der Waals surface area contributed by atoms with Crippen LogP contribution < -0.4 is 5.32 Å². The number of hydrogen-bond donors (Lipinski definition) is 1. The molecule has 1 nitrogen and oxygen atoms in total. The Bertz CT molecular complexity index is 499. The quantitative estimate of drug-likeness (QED) is 0.774. The highest BCUT2D eigenvalue weighted by atomic mass is 32.1. The summed E-state index contributed by atoms with van der Waals surface area (Å²) >= 11 is 1.84. The van der Waals surface area contributed by atoms with Gasteiger partial charge >= 0.3 is 0 Å². The molecule has 1 aromatic heterocycles. The van der Waals surface area contributed by atoms with Gasteiger partial charge in [-0.1, -0.05) is 44.2 Å². The minimum Gasteiger partial charge on any atom is -0.307 e. The summed E-state index contributed by atoms with van der Waals surface area (Å²) in [5, 5.41) is 5.84. The van der Waals surface area contributed by atoms with E-state index in [2.05, 4.69) is 74.8 Å². The first-order valence-electron chi connectivity index (χ1n) is 7.44. The van der Waals surface area contributed by atoms with Gasteiger partial charge in [0.05, 0.1) is 0 Å². The molecule has 108 valence electrons. The molecule has 1 heterocycles. The van der Waals surface area contributed by atoms with Crippen LogP contribution in [0, 0.1) is 0 Å². The average Bonchev–Trinajstić information content (AvgIpc) is 2.91. The molecule has 0 radical (unpaired) electrons. The van der Waals surface area contributed by atoms with E-state index in [0.717, 1.165) is 6.42 Å². The molecule has 0 aliphatic rings. The second-order valence-corrected chi connectivity index (χ2v) is 6.93. The van der Waals surface area contributed by atoms with Crippen molar-refractivity contribution in [1.82, 2.24) is 5.32 Å². The van der Waals surface area contributed by atoms with Gasteiger partial charge in [0.25, 0.3) is 0 Å². The topological polar surface area (TPSA) is 12.0 Å². The fourth-order valence-electron chi connectivity index (χ4n) is 2.48. The molecule has 2 atom stereocenters. The van der Waals surface area contributed by atoms with E-state index in [1.54, 1.807) is 0 Å². The van der Waals surface area contributed by atoms with Crippen LogP contribution in [0.1, 0.15) is 55.7 Å². The van der Waals surface area contributed by atoms with Gasteiger partial charge in [-0.3, -0.25) is 0 Å². The molecule has 0 amide bonds. The maximum Gasteiger partial charge on any atom is 0.0294 e. The summed E-state index contributed by atoms with van der Waals surface area (Å²) < 4.78 is 0. The van der Waals surface area contributed by atoms with Crippen LogP contribution in [-0.4, -0.2) is 6.04 Å². The normalized spacial score (nSPS) is 14.4. The molecule has 1 N–H and O–H groups in total. The average molecular weight is 287 g/mol. The van der Waals surface area contributed by atoms with Crippen molar-refractivity contribution in [3.63, 3.8) is 0 Å². The van der Waals surface area contributed by atoms with Crippen LogP contribution in [0.4, 0.5) is 0 Å². The summed E-state index contributed by atoms with van der Waals surface area (Å²) in [4.78, 5) is 1.45. The highest BCUT2D eigenvalue weighted by Crippen LogP contribution is 2.19. The summed E-state index contributed by atoms with van der Waals surface area (Å²) in [5.74, 6) is 0.602. The van der Waals surface area contributed by atoms with Crippen LogP contribution in [0.25, 0.3) is 0 Å². The van der Waals surface area contributed by atoms with E-state index in [0.29, 0.717) is 18.0 Å². The molecular weight excluding hydrogens is 262 g/mol. The van der Waals surface area contributed by atoms with E-state index in [1.807, 2.05) is 11.3 Å². The second kappa shape index (κ2) is 7.05. The van der Waals surface area contributed by atoms with Gasteiger partial charge < -0.3 is 5.32 Å². The smallest absolute Gasteiger partial charge is 0.0294 e. The Labute approximate surface area is 127 Å². The predicted molar refractivity (Wildman–Crippen MR) is 89.6 cm³/mol. The van der Waals surface area contributed by atoms with Crippen molar-refractivity contribution in [3.8, 4) is 0 Å². The van der Waals surface area contributed by atoms with Gasteiger partial charge in [0.15, 0.2) is 0 Å². The van der Waals surface area contributed by atoms with Crippen molar-refractivity contribution < 1.29 is 0 Å². The van der Waals surface area contributed by atoms with Gasteiger partial charge in [0.2, 0.25) is 0 Å². The summed E-state index contributed by atoms with van der Waals surface area (Å²) in [7, 11) is 0. The lowest BCUT2D eigenvalue weighted by molar-refractivity contribution is 0.479. The summed E-state index contributed by atoms with van der Waals surface area (Å²) in [6.07, 6.45) is 1.10. The molecule has 0 aliphatic carbocycles. The number of nitrogens with one attached hydrogen (secondary N) is 1. The maximum absolute atomic E-state index is 3.69. The summed E-state index contributed by atoms with van der Waals surface area (Å²) in [6.45, 7) is 8.98. The number of benzene rings is 1. The zero-order chi connectivity index (χ0) is 14.5. The zero-order valence-electron chi connectivity index (χ0n) is 12.9. The minimum absolute atomic E-state index is 0.395. The Morgan fingerprint density at radius 2 is 1.60 bits per heavy atom. The first kappa shape index (κ1) is 15.3. The molecule has 0 spiro atoms. The van der Waals surface area contributed by atoms with E-state index in [9.17, 15) is 0 Å². The van der Waals surface area contributed by atoms with Crippen molar-refractivity contribution in [1.29, 1.82) is 0 Å². The van der Waals surface area contributed by atoms with Crippen LogP contribution in [-0.2, 0) is 6.42 Å².